The van der Waals surface area contributed by atoms with Gasteiger partial charge in [-0.25, -0.2) is 4.39 Å². The summed E-state index contributed by atoms with van der Waals surface area (Å²) in [5.41, 5.74) is 0.0786. The van der Waals surface area contributed by atoms with Crippen LogP contribution in [0.4, 0.5) is 8.78 Å². The maximum atomic E-state index is 14.5. The van der Waals surface area contributed by atoms with Crippen LogP contribution in [-0.4, -0.2) is 11.7 Å². The zero-order chi connectivity index (χ0) is 20.8. The Hall–Kier alpha value is -1.16. The van der Waals surface area contributed by atoms with E-state index in [4.69, 9.17) is 4.74 Å². The maximum absolute atomic E-state index is 14.5. The molecule has 2 saturated carbocycles. The Bertz CT molecular complexity index is 632. The minimum Gasteiger partial charge on any atom is -0.490 e. The molecule has 0 bridgehead atoms. The van der Waals surface area contributed by atoms with Gasteiger partial charge in [-0.15, -0.1) is 0 Å². The van der Waals surface area contributed by atoms with Gasteiger partial charge < -0.3 is 9.84 Å². The molecule has 29 heavy (non-hydrogen) atoms. The summed E-state index contributed by atoms with van der Waals surface area (Å²) in [6.45, 7) is 4.54. The molecule has 0 saturated heterocycles. The molecule has 1 aromatic carbocycles. The molecule has 3 rings (SSSR count). The van der Waals surface area contributed by atoms with Crippen LogP contribution in [0.3, 0.4) is 0 Å². The fourth-order valence-corrected chi connectivity index (χ4v) is 5.64. The summed E-state index contributed by atoms with van der Waals surface area (Å²) in [4.78, 5) is 0. The van der Waals surface area contributed by atoms with Crippen molar-refractivity contribution >= 4 is 0 Å². The molecule has 0 heterocycles. The van der Waals surface area contributed by atoms with Crippen molar-refractivity contribution in [3.63, 3.8) is 0 Å². The number of rotatable bonds is 8. The van der Waals surface area contributed by atoms with Gasteiger partial charge in [-0.1, -0.05) is 39.5 Å². The van der Waals surface area contributed by atoms with E-state index in [9.17, 15) is 13.9 Å². The van der Waals surface area contributed by atoms with Crippen molar-refractivity contribution in [2.24, 2.45) is 23.7 Å². The zero-order valence-corrected chi connectivity index (χ0v) is 18.1. The summed E-state index contributed by atoms with van der Waals surface area (Å²) in [5, 5.41) is 10.8. The van der Waals surface area contributed by atoms with Crippen LogP contribution in [0.5, 0.6) is 5.75 Å². The topological polar surface area (TPSA) is 29.5 Å². The van der Waals surface area contributed by atoms with E-state index in [1.165, 1.54) is 50.7 Å². The van der Waals surface area contributed by atoms with Crippen molar-refractivity contribution in [3.05, 3.63) is 29.3 Å². The van der Waals surface area contributed by atoms with E-state index in [2.05, 4.69) is 6.92 Å². The number of hydrogen-bond acceptors (Lipinski definition) is 2. The van der Waals surface area contributed by atoms with Gasteiger partial charge >= 0.3 is 0 Å². The largest absolute Gasteiger partial charge is 0.490 e. The Morgan fingerprint density at radius 2 is 1.52 bits per heavy atom. The molecule has 164 valence electrons. The number of aliphatic hydroxyl groups is 1. The molecular weight excluding hydrogens is 370 g/mol. The average Bonchev–Trinajstić information content (AvgIpc) is 2.75. The van der Waals surface area contributed by atoms with E-state index in [1.807, 2.05) is 6.92 Å². The van der Waals surface area contributed by atoms with Crippen molar-refractivity contribution in [2.45, 2.75) is 90.6 Å². The van der Waals surface area contributed by atoms with Crippen molar-refractivity contribution in [2.75, 3.05) is 6.61 Å². The number of benzene rings is 1. The summed E-state index contributed by atoms with van der Waals surface area (Å²) in [6, 6.07) is 2.95. The Morgan fingerprint density at radius 3 is 2.10 bits per heavy atom. The van der Waals surface area contributed by atoms with Crippen LogP contribution in [0.15, 0.2) is 12.1 Å². The second-order valence-corrected chi connectivity index (χ2v) is 9.32. The second kappa shape index (κ2) is 10.7. The van der Waals surface area contributed by atoms with E-state index in [0.29, 0.717) is 6.61 Å². The van der Waals surface area contributed by atoms with Gasteiger partial charge in [0.05, 0.1) is 12.7 Å². The van der Waals surface area contributed by atoms with Crippen LogP contribution < -0.4 is 4.74 Å². The van der Waals surface area contributed by atoms with Gasteiger partial charge in [-0.2, -0.15) is 4.39 Å². The lowest BCUT2D eigenvalue weighted by atomic mass is 9.67. The van der Waals surface area contributed by atoms with Gasteiger partial charge in [-0.05, 0) is 80.8 Å². The first-order chi connectivity index (χ1) is 14.0. The molecule has 2 aliphatic rings. The molecule has 1 atom stereocenters. The number of ether oxygens (including phenoxy) is 1. The fraction of sp³-hybridized carbons (Fsp3) is 0.760. The van der Waals surface area contributed by atoms with Crippen LogP contribution in [0.1, 0.15) is 96.1 Å². The first kappa shape index (κ1) is 22.5. The van der Waals surface area contributed by atoms with Gasteiger partial charge in [-0.3, -0.25) is 0 Å². The molecule has 4 heteroatoms. The maximum Gasteiger partial charge on any atom is 0.200 e. The van der Waals surface area contributed by atoms with Crippen LogP contribution >= 0.6 is 0 Å². The minimum atomic E-state index is -0.979. The number of halogens is 2. The zero-order valence-electron chi connectivity index (χ0n) is 18.1. The first-order valence-electron chi connectivity index (χ1n) is 11.8. The third-order valence-corrected chi connectivity index (χ3v) is 7.38. The average molecular weight is 409 g/mol. The van der Waals surface area contributed by atoms with E-state index >= 15 is 0 Å². The summed E-state index contributed by atoms with van der Waals surface area (Å²) in [7, 11) is 0. The molecule has 2 fully saturated rings. The highest BCUT2D eigenvalue weighted by Crippen LogP contribution is 2.45. The fourth-order valence-electron chi connectivity index (χ4n) is 5.64. The minimum absolute atomic E-state index is 0.0130. The normalized spacial score (nSPS) is 28.9. The molecule has 2 nitrogen and oxygen atoms in total. The Labute approximate surface area is 175 Å². The lowest BCUT2D eigenvalue weighted by molar-refractivity contribution is 0.0535. The van der Waals surface area contributed by atoms with Gasteiger partial charge in [0.1, 0.15) is 0 Å². The molecule has 0 radical (unpaired) electrons. The van der Waals surface area contributed by atoms with E-state index in [1.54, 1.807) is 0 Å². The lowest BCUT2D eigenvalue weighted by Crippen LogP contribution is -2.28. The highest BCUT2D eigenvalue weighted by atomic mass is 19.2. The van der Waals surface area contributed by atoms with Crippen molar-refractivity contribution in [1.29, 1.82) is 0 Å². The summed E-state index contributed by atoms with van der Waals surface area (Å²) >= 11 is 0. The standard InChI is InChI=1S/C25H38F2O2/c1-3-5-17-6-8-18(9-7-17)19-10-12-20(13-11-19)25(28)21-14-15-22(29-16-4-2)24(27)23(21)26/h14-15,17-20,25,28H,3-13,16H2,1-2H3. The molecule has 1 aromatic rings. The molecular formula is C25H38F2O2. The smallest absolute Gasteiger partial charge is 0.200 e. The Balaban J connectivity index is 1.54. The van der Waals surface area contributed by atoms with Gasteiger partial charge in [0, 0.05) is 5.56 Å². The third kappa shape index (κ3) is 5.51. The van der Waals surface area contributed by atoms with Crippen molar-refractivity contribution in [3.8, 4) is 5.75 Å². The Morgan fingerprint density at radius 1 is 0.897 bits per heavy atom. The Kier molecular flexibility index (Phi) is 8.35. The van der Waals surface area contributed by atoms with Crippen LogP contribution in [0.2, 0.25) is 0 Å². The monoisotopic (exact) mass is 408 g/mol. The molecule has 0 amide bonds. The van der Waals surface area contributed by atoms with E-state index in [0.717, 1.165) is 49.9 Å². The lowest BCUT2D eigenvalue weighted by Gasteiger charge is -2.39. The third-order valence-electron chi connectivity index (χ3n) is 7.38. The summed E-state index contributed by atoms with van der Waals surface area (Å²) < 4.78 is 34.1. The number of hydrogen-bond donors (Lipinski definition) is 1. The molecule has 1 N–H and O–H groups in total. The number of aliphatic hydroxyl groups excluding tert-OH is 1. The highest BCUT2D eigenvalue weighted by molar-refractivity contribution is 5.32. The van der Waals surface area contributed by atoms with Gasteiger partial charge in [0.2, 0.25) is 5.82 Å². The predicted octanol–water partition coefficient (Wildman–Crippen LogP) is 7.20. The molecule has 0 spiro atoms. The molecule has 2 aliphatic carbocycles. The van der Waals surface area contributed by atoms with Gasteiger partial charge in [0.15, 0.2) is 11.6 Å². The van der Waals surface area contributed by atoms with E-state index < -0.39 is 17.7 Å². The first-order valence-corrected chi connectivity index (χ1v) is 11.8. The molecule has 0 aromatic heterocycles. The predicted molar refractivity (Wildman–Crippen MR) is 113 cm³/mol. The highest BCUT2D eigenvalue weighted by Gasteiger charge is 2.34. The van der Waals surface area contributed by atoms with Crippen molar-refractivity contribution in [1.82, 2.24) is 0 Å². The quantitative estimate of drug-likeness (QED) is 0.493. The van der Waals surface area contributed by atoms with Gasteiger partial charge in [0.25, 0.3) is 0 Å². The van der Waals surface area contributed by atoms with Crippen molar-refractivity contribution < 1.29 is 18.6 Å². The van der Waals surface area contributed by atoms with E-state index in [-0.39, 0.29) is 17.2 Å². The summed E-state index contributed by atoms with van der Waals surface area (Å²) in [6.07, 6.45) is 11.9. The SMILES string of the molecule is CCCOc1ccc(C(O)C2CCC(C3CCC(CCC)CC3)CC2)c(F)c1F. The van der Waals surface area contributed by atoms with Crippen LogP contribution in [0.25, 0.3) is 0 Å². The molecule has 1 unspecified atom stereocenters. The van der Waals surface area contributed by atoms with Crippen LogP contribution in [0, 0.1) is 35.3 Å². The second-order valence-electron chi connectivity index (χ2n) is 9.32. The molecule has 0 aliphatic heterocycles. The summed E-state index contributed by atoms with van der Waals surface area (Å²) in [5.74, 6) is 0.506. The van der Waals surface area contributed by atoms with Crippen LogP contribution in [-0.2, 0) is 0 Å².